The summed E-state index contributed by atoms with van der Waals surface area (Å²) in [5, 5.41) is 19.6. The maximum absolute atomic E-state index is 9.95. The molecule has 0 spiro atoms. The molecule has 1 saturated heterocycles. The van der Waals surface area contributed by atoms with Crippen LogP contribution in [0.15, 0.2) is 78.9 Å². The molecule has 5 rings (SSSR count). The lowest BCUT2D eigenvalue weighted by molar-refractivity contribution is 0.203. The number of phenols is 1. The second kappa shape index (κ2) is 10.8. The molecule has 3 aromatic rings. The maximum atomic E-state index is 9.95. The van der Waals surface area contributed by atoms with Crippen LogP contribution in [-0.2, 0) is 0 Å². The van der Waals surface area contributed by atoms with Gasteiger partial charge in [-0.05, 0) is 97.8 Å². The standard InChI is InChI=1S/C31H37NO2/c33-21-5-10-30(24-6-2-1-3-7-24)31(25-11-15-29(34)16-12-25)27-9-4-8-26(22-27)23-17-19-32(20-18-23)28-13-14-28/h1-4,6-9,11-12,15-16,22-23,28,30-31,33-34H,5,10,13-14,17-21H2. The molecule has 1 aliphatic carbocycles. The molecule has 2 fully saturated rings. The third-order valence-corrected chi connectivity index (χ3v) is 7.89. The van der Waals surface area contributed by atoms with Gasteiger partial charge >= 0.3 is 0 Å². The van der Waals surface area contributed by atoms with Crippen LogP contribution in [0.1, 0.15) is 78.5 Å². The van der Waals surface area contributed by atoms with Gasteiger partial charge in [0.1, 0.15) is 5.75 Å². The highest BCUT2D eigenvalue weighted by atomic mass is 16.3. The number of aliphatic hydroxyl groups excluding tert-OH is 1. The van der Waals surface area contributed by atoms with E-state index in [4.69, 9.17) is 0 Å². The van der Waals surface area contributed by atoms with Crippen molar-refractivity contribution in [3.8, 4) is 5.75 Å². The van der Waals surface area contributed by atoms with Crippen molar-refractivity contribution in [2.45, 2.75) is 62.3 Å². The van der Waals surface area contributed by atoms with Crippen LogP contribution >= 0.6 is 0 Å². The minimum atomic E-state index is 0.168. The van der Waals surface area contributed by atoms with Crippen molar-refractivity contribution < 1.29 is 10.2 Å². The number of nitrogens with zero attached hydrogens (tertiary/aromatic N) is 1. The van der Waals surface area contributed by atoms with Crippen molar-refractivity contribution >= 4 is 0 Å². The van der Waals surface area contributed by atoms with Crippen LogP contribution in [0.4, 0.5) is 0 Å². The van der Waals surface area contributed by atoms with Crippen molar-refractivity contribution in [3.05, 3.63) is 101 Å². The van der Waals surface area contributed by atoms with Crippen molar-refractivity contribution in [1.82, 2.24) is 4.90 Å². The fourth-order valence-corrected chi connectivity index (χ4v) is 5.92. The summed E-state index contributed by atoms with van der Waals surface area (Å²) in [6.45, 7) is 2.65. The van der Waals surface area contributed by atoms with Gasteiger partial charge < -0.3 is 15.1 Å². The van der Waals surface area contributed by atoms with Crippen molar-refractivity contribution in [2.75, 3.05) is 19.7 Å². The van der Waals surface area contributed by atoms with Crippen LogP contribution < -0.4 is 0 Å². The smallest absolute Gasteiger partial charge is 0.115 e. The molecule has 1 saturated carbocycles. The summed E-state index contributed by atoms with van der Waals surface area (Å²) in [7, 11) is 0. The number of benzene rings is 3. The van der Waals surface area contributed by atoms with Crippen LogP contribution in [0.25, 0.3) is 0 Å². The van der Waals surface area contributed by atoms with E-state index in [2.05, 4.69) is 71.6 Å². The van der Waals surface area contributed by atoms with Gasteiger partial charge in [-0.1, -0.05) is 66.7 Å². The van der Waals surface area contributed by atoms with Gasteiger partial charge in [0.15, 0.2) is 0 Å². The summed E-state index contributed by atoms with van der Waals surface area (Å²) in [6, 6.07) is 28.6. The number of likely N-dealkylation sites (tertiary alicyclic amines) is 1. The van der Waals surface area contributed by atoms with E-state index in [0.29, 0.717) is 11.7 Å². The zero-order valence-electron chi connectivity index (χ0n) is 20.0. The van der Waals surface area contributed by atoms with Gasteiger partial charge in [0.25, 0.3) is 0 Å². The Morgan fingerprint density at radius 3 is 2.15 bits per heavy atom. The average Bonchev–Trinajstić information content (AvgIpc) is 3.74. The summed E-state index contributed by atoms with van der Waals surface area (Å²) >= 11 is 0. The molecule has 3 aromatic carbocycles. The second-order valence-corrected chi connectivity index (χ2v) is 10.2. The predicted molar refractivity (Wildman–Crippen MR) is 138 cm³/mol. The summed E-state index contributed by atoms with van der Waals surface area (Å²) in [4.78, 5) is 2.69. The van der Waals surface area contributed by atoms with E-state index in [-0.39, 0.29) is 18.4 Å². The Kier molecular flexibility index (Phi) is 7.32. The van der Waals surface area contributed by atoms with E-state index in [1.165, 1.54) is 61.0 Å². The molecule has 0 radical (unpaired) electrons. The van der Waals surface area contributed by atoms with E-state index in [0.717, 1.165) is 18.9 Å². The van der Waals surface area contributed by atoms with Crippen LogP contribution in [0.3, 0.4) is 0 Å². The molecule has 1 heterocycles. The van der Waals surface area contributed by atoms with Gasteiger partial charge in [-0.25, -0.2) is 0 Å². The monoisotopic (exact) mass is 455 g/mol. The first-order valence-electron chi connectivity index (χ1n) is 13.0. The quantitative estimate of drug-likeness (QED) is 0.391. The highest BCUT2D eigenvalue weighted by Gasteiger charge is 2.32. The summed E-state index contributed by atoms with van der Waals surface area (Å²) in [6.07, 6.45) is 6.96. The van der Waals surface area contributed by atoms with E-state index < -0.39 is 0 Å². The molecule has 2 N–H and O–H groups in total. The van der Waals surface area contributed by atoms with Crippen LogP contribution in [0.2, 0.25) is 0 Å². The molecule has 3 heteroatoms. The number of phenolic OH excluding ortho intramolecular Hbond substituents is 1. The molecular weight excluding hydrogens is 418 g/mol. The highest BCUT2D eigenvalue weighted by Crippen LogP contribution is 2.43. The molecular formula is C31H37NO2. The van der Waals surface area contributed by atoms with Crippen molar-refractivity contribution in [1.29, 1.82) is 0 Å². The maximum Gasteiger partial charge on any atom is 0.115 e. The van der Waals surface area contributed by atoms with Gasteiger partial charge in [-0.15, -0.1) is 0 Å². The molecule has 178 valence electrons. The molecule has 1 aliphatic heterocycles. The third kappa shape index (κ3) is 5.37. The Balaban J connectivity index is 1.48. The molecule has 3 nitrogen and oxygen atoms in total. The van der Waals surface area contributed by atoms with E-state index in [1.807, 2.05) is 0 Å². The van der Waals surface area contributed by atoms with Gasteiger partial charge in [-0.2, -0.15) is 0 Å². The fraction of sp³-hybridized carbons (Fsp3) is 0.419. The average molecular weight is 456 g/mol. The second-order valence-electron chi connectivity index (χ2n) is 10.2. The van der Waals surface area contributed by atoms with Gasteiger partial charge in [0.2, 0.25) is 0 Å². The zero-order chi connectivity index (χ0) is 23.3. The lowest BCUT2D eigenvalue weighted by Gasteiger charge is -2.33. The Labute approximate surface area is 204 Å². The molecule has 0 bridgehead atoms. The first kappa shape index (κ1) is 23.1. The van der Waals surface area contributed by atoms with Crippen LogP contribution in [0.5, 0.6) is 5.75 Å². The lowest BCUT2D eigenvalue weighted by Crippen LogP contribution is -2.34. The SMILES string of the molecule is OCCCC(c1ccccc1)C(c1ccc(O)cc1)c1cccc(C2CCN(C3CC3)CC2)c1. The molecule has 2 unspecified atom stereocenters. The topological polar surface area (TPSA) is 43.7 Å². The van der Waals surface area contributed by atoms with E-state index >= 15 is 0 Å². The van der Waals surface area contributed by atoms with Gasteiger partial charge in [0.05, 0.1) is 0 Å². The van der Waals surface area contributed by atoms with Crippen LogP contribution in [0, 0.1) is 0 Å². The summed E-state index contributed by atoms with van der Waals surface area (Å²) < 4.78 is 0. The minimum Gasteiger partial charge on any atom is -0.508 e. The minimum absolute atomic E-state index is 0.168. The molecule has 0 amide bonds. The Morgan fingerprint density at radius 1 is 0.765 bits per heavy atom. The van der Waals surface area contributed by atoms with E-state index in [1.54, 1.807) is 12.1 Å². The summed E-state index contributed by atoms with van der Waals surface area (Å²) in [5.74, 6) is 1.35. The largest absolute Gasteiger partial charge is 0.508 e. The molecule has 2 atom stereocenters. The highest BCUT2D eigenvalue weighted by molar-refractivity contribution is 5.42. The first-order valence-corrected chi connectivity index (χ1v) is 13.0. The normalized spacial score (nSPS) is 19.1. The number of hydrogen-bond acceptors (Lipinski definition) is 3. The third-order valence-electron chi connectivity index (χ3n) is 7.89. The van der Waals surface area contributed by atoms with Crippen molar-refractivity contribution in [2.24, 2.45) is 0 Å². The first-order chi connectivity index (χ1) is 16.7. The number of hydrogen-bond donors (Lipinski definition) is 2. The molecule has 0 aromatic heterocycles. The molecule has 2 aliphatic rings. The number of piperidine rings is 1. The van der Waals surface area contributed by atoms with Gasteiger partial charge in [-0.3, -0.25) is 0 Å². The number of aromatic hydroxyl groups is 1. The van der Waals surface area contributed by atoms with E-state index in [9.17, 15) is 10.2 Å². The Bertz CT molecular complexity index is 1040. The summed E-state index contributed by atoms with van der Waals surface area (Å²) in [5.41, 5.74) is 5.31. The lowest BCUT2D eigenvalue weighted by atomic mass is 9.74. The Hall–Kier alpha value is -2.62. The van der Waals surface area contributed by atoms with Crippen LogP contribution in [-0.4, -0.2) is 40.9 Å². The number of rotatable bonds is 9. The fourth-order valence-electron chi connectivity index (χ4n) is 5.92. The molecule has 34 heavy (non-hydrogen) atoms. The van der Waals surface area contributed by atoms with Gasteiger partial charge in [0, 0.05) is 18.6 Å². The Morgan fingerprint density at radius 2 is 1.47 bits per heavy atom. The zero-order valence-corrected chi connectivity index (χ0v) is 20.0. The van der Waals surface area contributed by atoms with Crippen molar-refractivity contribution in [3.63, 3.8) is 0 Å². The number of aliphatic hydroxyl groups is 1. The predicted octanol–water partition coefficient (Wildman–Crippen LogP) is 6.42.